The molecule has 0 bridgehead atoms. The molecule has 4 heteroatoms. The molecule has 0 heterocycles. The van der Waals surface area contributed by atoms with E-state index in [1.807, 2.05) is 61.5 Å². The molecule has 20 heavy (non-hydrogen) atoms. The van der Waals surface area contributed by atoms with Crippen LogP contribution in [0.2, 0.25) is 0 Å². The van der Waals surface area contributed by atoms with Crippen molar-refractivity contribution in [1.82, 2.24) is 10.6 Å². The van der Waals surface area contributed by atoms with Gasteiger partial charge in [-0.1, -0.05) is 64.5 Å². The number of halogens is 1. The minimum atomic E-state index is -0.169. The van der Waals surface area contributed by atoms with Crippen LogP contribution in [0, 0.1) is 0 Å². The van der Waals surface area contributed by atoms with E-state index in [4.69, 9.17) is 0 Å². The molecule has 0 fully saturated rings. The van der Waals surface area contributed by atoms with Crippen molar-refractivity contribution < 1.29 is 4.79 Å². The number of rotatable bonds is 4. The molecule has 0 aliphatic carbocycles. The lowest BCUT2D eigenvalue weighted by molar-refractivity contribution is 0.237. The normalized spacial score (nSPS) is 11.7. The molecule has 1 unspecified atom stereocenters. The van der Waals surface area contributed by atoms with Gasteiger partial charge in [0.25, 0.3) is 0 Å². The molecule has 3 nitrogen and oxygen atoms in total. The smallest absolute Gasteiger partial charge is 0.315 e. The Balaban J connectivity index is 1.86. The van der Waals surface area contributed by atoms with Crippen molar-refractivity contribution in [3.8, 4) is 0 Å². The van der Waals surface area contributed by atoms with Crippen molar-refractivity contribution in [3.63, 3.8) is 0 Å². The molecule has 2 rings (SSSR count). The van der Waals surface area contributed by atoms with Crippen molar-refractivity contribution in [2.24, 2.45) is 0 Å². The summed E-state index contributed by atoms with van der Waals surface area (Å²) >= 11 is 3.46. The van der Waals surface area contributed by atoms with Crippen LogP contribution in [-0.2, 0) is 6.54 Å². The molecular weight excluding hydrogens is 316 g/mol. The Labute approximate surface area is 127 Å². The summed E-state index contributed by atoms with van der Waals surface area (Å²) < 4.78 is 0.997. The number of urea groups is 1. The fraction of sp³-hybridized carbons (Fsp3) is 0.188. The fourth-order valence-corrected chi connectivity index (χ4v) is 2.31. The van der Waals surface area contributed by atoms with Gasteiger partial charge in [0.1, 0.15) is 0 Å². The van der Waals surface area contributed by atoms with Crippen LogP contribution in [0.1, 0.15) is 24.1 Å². The Kier molecular flexibility index (Phi) is 5.18. The minimum Gasteiger partial charge on any atom is -0.334 e. The van der Waals surface area contributed by atoms with Crippen LogP contribution in [0.3, 0.4) is 0 Å². The Morgan fingerprint density at radius 2 is 1.75 bits per heavy atom. The van der Waals surface area contributed by atoms with Crippen LogP contribution < -0.4 is 10.6 Å². The average Bonchev–Trinajstić information content (AvgIpc) is 2.47. The van der Waals surface area contributed by atoms with Crippen molar-refractivity contribution in [2.75, 3.05) is 0 Å². The summed E-state index contributed by atoms with van der Waals surface area (Å²) in [6.07, 6.45) is 0. The second-order valence-electron chi connectivity index (χ2n) is 4.55. The van der Waals surface area contributed by atoms with E-state index in [2.05, 4.69) is 26.6 Å². The first kappa shape index (κ1) is 14.6. The van der Waals surface area contributed by atoms with Gasteiger partial charge in [-0.05, 0) is 24.1 Å². The molecule has 2 aromatic rings. The van der Waals surface area contributed by atoms with Crippen molar-refractivity contribution in [2.45, 2.75) is 19.5 Å². The third-order valence-corrected chi connectivity index (χ3v) is 3.82. The van der Waals surface area contributed by atoms with E-state index in [9.17, 15) is 4.79 Å². The lowest BCUT2D eigenvalue weighted by Crippen LogP contribution is -2.36. The molecule has 2 aromatic carbocycles. The van der Waals surface area contributed by atoms with Crippen LogP contribution in [-0.4, -0.2) is 6.03 Å². The van der Waals surface area contributed by atoms with Gasteiger partial charge in [-0.25, -0.2) is 4.79 Å². The summed E-state index contributed by atoms with van der Waals surface area (Å²) in [4.78, 5) is 11.9. The van der Waals surface area contributed by atoms with Crippen molar-refractivity contribution >= 4 is 22.0 Å². The SMILES string of the molecule is CC(NC(=O)NCc1ccccc1Br)c1ccccc1. The van der Waals surface area contributed by atoms with Crippen LogP contribution in [0.4, 0.5) is 4.79 Å². The molecule has 0 saturated heterocycles. The topological polar surface area (TPSA) is 41.1 Å². The zero-order valence-corrected chi connectivity index (χ0v) is 12.9. The molecule has 0 radical (unpaired) electrons. The Morgan fingerprint density at radius 3 is 2.45 bits per heavy atom. The van der Waals surface area contributed by atoms with Gasteiger partial charge in [0, 0.05) is 11.0 Å². The van der Waals surface area contributed by atoms with Gasteiger partial charge in [-0.15, -0.1) is 0 Å². The number of hydrogen-bond donors (Lipinski definition) is 2. The van der Waals surface area contributed by atoms with E-state index >= 15 is 0 Å². The molecule has 2 amide bonds. The van der Waals surface area contributed by atoms with Crippen LogP contribution >= 0.6 is 15.9 Å². The molecule has 0 saturated carbocycles. The number of benzene rings is 2. The van der Waals surface area contributed by atoms with Gasteiger partial charge in [-0.3, -0.25) is 0 Å². The summed E-state index contributed by atoms with van der Waals surface area (Å²) in [6, 6.07) is 17.5. The standard InChI is InChI=1S/C16H17BrN2O/c1-12(13-7-3-2-4-8-13)19-16(20)18-11-14-9-5-6-10-15(14)17/h2-10,12H,11H2,1H3,(H2,18,19,20). The second kappa shape index (κ2) is 7.10. The lowest BCUT2D eigenvalue weighted by Gasteiger charge is -2.15. The summed E-state index contributed by atoms with van der Waals surface area (Å²) in [7, 11) is 0. The third-order valence-electron chi connectivity index (χ3n) is 3.04. The van der Waals surface area contributed by atoms with Crippen LogP contribution in [0.5, 0.6) is 0 Å². The molecule has 0 spiro atoms. The van der Waals surface area contributed by atoms with E-state index in [-0.39, 0.29) is 12.1 Å². The van der Waals surface area contributed by atoms with Gasteiger partial charge in [-0.2, -0.15) is 0 Å². The highest BCUT2D eigenvalue weighted by molar-refractivity contribution is 9.10. The Morgan fingerprint density at radius 1 is 1.10 bits per heavy atom. The Hall–Kier alpha value is -1.81. The summed E-state index contributed by atoms with van der Waals surface area (Å²) in [6.45, 7) is 2.46. The van der Waals surface area contributed by atoms with Gasteiger partial charge >= 0.3 is 6.03 Å². The first-order valence-electron chi connectivity index (χ1n) is 6.49. The molecule has 0 aliphatic rings. The highest BCUT2D eigenvalue weighted by Gasteiger charge is 2.08. The van der Waals surface area contributed by atoms with Gasteiger partial charge < -0.3 is 10.6 Å². The van der Waals surface area contributed by atoms with Gasteiger partial charge in [0.2, 0.25) is 0 Å². The molecule has 2 N–H and O–H groups in total. The second-order valence-corrected chi connectivity index (χ2v) is 5.41. The van der Waals surface area contributed by atoms with E-state index in [1.165, 1.54) is 0 Å². The maximum absolute atomic E-state index is 11.9. The zero-order valence-electron chi connectivity index (χ0n) is 11.3. The molecule has 0 aliphatic heterocycles. The quantitative estimate of drug-likeness (QED) is 0.872. The monoisotopic (exact) mass is 332 g/mol. The van der Waals surface area contributed by atoms with Crippen LogP contribution in [0.25, 0.3) is 0 Å². The summed E-state index contributed by atoms with van der Waals surface area (Å²) in [5.74, 6) is 0. The van der Waals surface area contributed by atoms with Crippen molar-refractivity contribution in [1.29, 1.82) is 0 Å². The zero-order chi connectivity index (χ0) is 14.4. The number of carbonyl (C=O) groups is 1. The highest BCUT2D eigenvalue weighted by Crippen LogP contribution is 2.15. The summed E-state index contributed by atoms with van der Waals surface area (Å²) in [5, 5.41) is 5.78. The van der Waals surface area contributed by atoms with Crippen LogP contribution in [0.15, 0.2) is 59.1 Å². The Bertz CT molecular complexity index is 572. The molecule has 104 valence electrons. The maximum atomic E-state index is 11.9. The predicted octanol–water partition coefficient (Wildman–Crippen LogP) is 4.01. The van der Waals surface area contributed by atoms with E-state index in [0.29, 0.717) is 6.54 Å². The predicted molar refractivity (Wildman–Crippen MR) is 84.4 cm³/mol. The largest absolute Gasteiger partial charge is 0.334 e. The molecule has 0 aromatic heterocycles. The van der Waals surface area contributed by atoms with Gasteiger partial charge in [0.15, 0.2) is 0 Å². The van der Waals surface area contributed by atoms with E-state index in [1.54, 1.807) is 0 Å². The number of hydrogen-bond acceptors (Lipinski definition) is 1. The summed E-state index contributed by atoms with van der Waals surface area (Å²) in [5.41, 5.74) is 2.14. The number of nitrogens with one attached hydrogen (secondary N) is 2. The lowest BCUT2D eigenvalue weighted by atomic mass is 10.1. The van der Waals surface area contributed by atoms with E-state index in [0.717, 1.165) is 15.6 Å². The molecule has 1 atom stereocenters. The van der Waals surface area contributed by atoms with Crippen molar-refractivity contribution in [3.05, 3.63) is 70.2 Å². The average molecular weight is 333 g/mol. The first-order valence-corrected chi connectivity index (χ1v) is 7.29. The minimum absolute atomic E-state index is 0.0181. The third kappa shape index (κ3) is 4.10. The highest BCUT2D eigenvalue weighted by atomic mass is 79.9. The molecular formula is C16H17BrN2O. The maximum Gasteiger partial charge on any atom is 0.315 e. The first-order chi connectivity index (χ1) is 9.66. The number of amides is 2. The van der Waals surface area contributed by atoms with Gasteiger partial charge in [0.05, 0.1) is 6.04 Å². The fourth-order valence-electron chi connectivity index (χ4n) is 1.89. The van der Waals surface area contributed by atoms with E-state index < -0.39 is 0 Å². The number of carbonyl (C=O) groups excluding carboxylic acids is 1.